The smallest absolute Gasteiger partial charge is 0.290 e. The molecule has 1 fully saturated rings. The lowest BCUT2D eigenvalue weighted by atomic mass is 10.1. The lowest BCUT2D eigenvalue weighted by Crippen LogP contribution is -2.42. The molecule has 2 aliphatic heterocycles. The maximum absolute atomic E-state index is 12.8. The fourth-order valence-corrected chi connectivity index (χ4v) is 3.73. The summed E-state index contributed by atoms with van der Waals surface area (Å²) in [6.45, 7) is 1.38. The number of hydrogen-bond acceptors (Lipinski definition) is 5. The number of carbonyl (C=O) groups excluding carboxylic acids is 1. The molecular weight excluding hydrogens is 296 g/mol. The van der Waals surface area contributed by atoms with Crippen LogP contribution in [0.3, 0.4) is 0 Å². The average molecular weight is 316 g/mol. The first kappa shape index (κ1) is 14.4. The highest BCUT2D eigenvalue weighted by atomic mass is 16.5. The molecule has 1 amide bonds. The van der Waals surface area contributed by atoms with E-state index in [1.54, 1.807) is 25.5 Å². The molecular formula is C16H20N4O3. The minimum Gasteiger partial charge on any atom is -0.459 e. The molecule has 4 heterocycles. The maximum Gasteiger partial charge on any atom is 0.290 e. The van der Waals surface area contributed by atoms with Gasteiger partial charge >= 0.3 is 0 Å². The van der Waals surface area contributed by atoms with E-state index in [9.17, 15) is 4.79 Å². The van der Waals surface area contributed by atoms with E-state index in [0.717, 1.165) is 43.9 Å². The lowest BCUT2D eigenvalue weighted by molar-refractivity contribution is 0.0632. The Morgan fingerprint density at radius 2 is 2.26 bits per heavy atom. The van der Waals surface area contributed by atoms with Crippen LogP contribution in [0.5, 0.6) is 0 Å². The number of hydrogen-bond donors (Lipinski definition) is 0. The second-order valence-corrected chi connectivity index (χ2v) is 6.16. The molecule has 23 heavy (non-hydrogen) atoms. The van der Waals surface area contributed by atoms with Gasteiger partial charge < -0.3 is 18.6 Å². The molecule has 2 aliphatic rings. The van der Waals surface area contributed by atoms with E-state index in [1.807, 2.05) is 4.90 Å². The first-order chi connectivity index (χ1) is 11.3. The van der Waals surface area contributed by atoms with Crippen LogP contribution in [0.4, 0.5) is 0 Å². The van der Waals surface area contributed by atoms with Crippen LogP contribution in [-0.4, -0.2) is 51.4 Å². The first-order valence-corrected chi connectivity index (χ1v) is 8.04. The topological polar surface area (TPSA) is 73.4 Å². The van der Waals surface area contributed by atoms with Crippen LogP contribution >= 0.6 is 0 Å². The molecule has 2 atom stereocenters. The van der Waals surface area contributed by atoms with Gasteiger partial charge in [0.1, 0.15) is 11.6 Å². The van der Waals surface area contributed by atoms with Crippen LogP contribution in [0.15, 0.2) is 22.8 Å². The molecule has 0 saturated carbocycles. The van der Waals surface area contributed by atoms with Gasteiger partial charge in [0.2, 0.25) is 0 Å². The molecule has 0 radical (unpaired) electrons. The summed E-state index contributed by atoms with van der Waals surface area (Å²) in [5, 5.41) is 8.65. The number of rotatable bonds is 4. The van der Waals surface area contributed by atoms with Crippen molar-refractivity contribution in [3.8, 4) is 0 Å². The molecule has 0 aromatic carbocycles. The van der Waals surface area contributed by atoms with Crippen molar-refractivity contribution in [3.05, 3.63) is 35.8 Å². The van der Waals surface area contributed by atoms with E-state index in [2.05, 4.69) is 14.8 Å². The summed E-state index contributed by atoms with van der Waals surface area (Å²) in [5.74, 6) is 2.32. The largest absolute Gasteiger partial charge is 0.459 e. The number of ether oxygens (including phenoxy) is 1. The molecule has 0 aliphatic carbocycles. The second kappa shape index (κ2) is 5.81. The van der Waals surface area contributed by atoms with Crippen molar-refractivity contribution in [2.45, 2.75) is 44.3 Å². The highest BCUT2D eigenvalue weighted by molar-refractivity contribution is 5.92. The van der Waals surface area contributed by atoms with Gasteiger partial charge in [-0.05, 0) is 25.0 Å². The zero-order valence-corrected chi connectivity index (χ0v) is 13.1. The monoisotopic (exact) mass is 316 g/mol. The molecule has 2 aromatic rings. The van der Waals surface area contributed by atoms with Crippen LogP contribution in [0.2, 0.25) is 0 Å². The van der Waals surface area contributed by atoms with E-state index in [-0.39, 0.29) is 18.0 Å². The van der Waals surface area contributed by atoms with Crippen molar-refractivity contribution >= 4 is 5.91 Å². The summed E-state index contributed by atoms with van der Waals surface area (Å²) < 4.78 is 12.6. The molecule has 7 nitrogen and oxygen atoms in total. The summed E-state index contributed by atoms with van der Waals surface area (Å²) in [6, 6.07) is 3.84. The Morgan fingerprint density at radius 3 is 3.04 bits per heavy atom. The fraction of sp³-hybridized carbons (Fsp3) is 0.562. The van der Waals surface area contributed by atoms with Gasteiger partial charge in [-0.2, -0.15) is 0 Å². The Bertz CT molecular complexity index is 694. The summed E-state index contributed by atoms with van der Waals surface area (Å²) >= 11 is 0. The molecule has 7 heteroatoms. The van der Waals surface area contributed by atoms with Gasteiger partial charge in [0.15, 0.2) is 5.76 Å². The molecule has 0 unspecified atom stereocenters. The van der Waals surface area contributed by atoms with Gasteiger partial charge in [0, 0.05) is 32.5 Å². The number of carbonyl (C=O) groups is 1. The van der Waals surface area contributed by atoms with Crippen molar-refractivity contribution in [2.75, 3.05) is 13.7 Å². The fourth-order valence-electron chi connectivity index (χ4n) is 3.73. The standard InChI is InChI=1S/C16H20N4O3/c1-22-8-6-14-17-18-15-9-11-4-5-12(10-19(14)15)20(11)16(21)13-3-2-7-23-13/h2-3,7,11-12H,4-6,8-10H2,1H3/t11-,12+/m0/s1. The zero-order valence-electron chi connectivity index (χ0n) is 13.1. The molecule has 1 saturated heterocycles. The van der Waals surface area contributed by atoms with Crippen molar-refractivity contribution in [1.29, 1.82) is 0 Å². The third-order valence-corrected chi connectivity index (χ3v) is 4.83. The first-order valence-electron chi connectivity index (χ1n) is 8.04. The van der Waals surface area contributed by atoms with Gasteiger partial charge in [-0.3, -0.25) is 4.79 Å². The quantitative estimate of drug-likeness (QED) is 0.850. The third-order valence-electron chi connectivity index (χ3n) is 4.83. The third kappa shape index (κ3) is 2.45. The Kier molecular flexibility index (Phi) is 3.65. The summed E-state index contributed by atoms with van der Waals surface area (Å²) in [6.07, 6.45) is 5.07. The molecule has 0 N–H and O–H groups in total. The summed E-state index contributed by atoms with van der Waals surface area (Å²) in [4.78, 5) is 14.8. The van der Waals surface area contributed by atoms with Crippen molar-refractivity contribution in [3.63, 3.8) is 0 Å². The maximum atomic E-state index is 12.8. The summed E-state index contributed by atoms with van der Waals surface area (Å²) in [5.41, 5.74) is 0. The number of aromatic nitrogens is 3. The predicted molar refractivity (Wildman–Crippen MR) is 81.0 cm³/mol. The van der Waals surface area contributed by atoms with Gasteiger partial charge in [0.05, 0.1) is 18.9 Å². The normalized spacial score (nSPS) is 22.9. The molecule has 2 aromatic heterocycles. The number of furan rings is 1. The van der Waals surface area contributed by atoms with Crippen molar-refractivity contribution in [2.24, 2.45) is 0 Å². The molecule has 2 bridgehead atoms. The predicted octanol–water partition coefficient (Wildman–Crippen LogP) is 1.29. The number of amides is 1. The Balaban J connectivity index is 1.61. The van der Waals surface area contributed by atoms with E-state index < -0.39 is 0 Å². The SMILES string of the molecule is COCCc1nnc2n1C[C@H]1CC[C@@H](C2)N1C(=O)c1ccco1. The minimum atomic E-state index is -0.0142. The van der Waals surface area contributed by atoms with Gasteiger partial charge in [-0.15, -0.1) is 10.2 Å². The van der Waals surface area contributed by atoms with Crippen LogP contribution < -0.4 is 0 Å². The lowest BCUT2D eigenvalue weighted by Gasteiger charge is -2.27. The van der Waals surface area contributed by atoms with Crippen molar-refractivity contribution < 1.29 is 13.9 Å². The summed E-state index contributed by atoms with van der Waals surface area (Å²) in [7, 11) is 1.69. The molecule has 0 spiro atoms. The Morgan fingerprint density at radius 1 is 1.39 bits per heavy atom. The molecule has 122 valence electrons. The van der Waals surface area contributed by atoms with E-state index >= 15 is 0 Å². The van der Waals surface area contributed by atoms with Gasteiger partial charge in [-0.1, -0.05) is 0 Å². The highest BCUT2D eigenvalue weighted by Crippen LogP contribution is 2.32. The second-order valence-electron chi connectivity index (χ2n) is 6.16. The minimum absolute atomic E-state index is 0.0142. The van der Waals surface area contributed by atoms with Crippen LogP contribution in [0.25, 0.3) is 0 Å². The molecule has 4 rings (SSSR count). The number of nitrogens with zero attached hydrogens (tertiary/aromatic N) is 4. The Hall–Kier alpha value is -2.15. The van der Waals surface area contributed by atoms with Crippen LogP contribution in [0, 0.1) is 0 Å². The van der Waals surface area contributed by atoms with E-state index in [1.165, 1.54) is 0 Å². The van der Waals surface area contributed by atoms with E-state index in [4.69, 9.17) is 9.15 Å². The highest BCUT2D eigenvalue weighted by Gasteiger charge is 2.42. The van der Waals surface area contributed by atoms with Gasteiger partial charge in [-0.25, -0.2) is 0 Å². The van der Waals surface area contributed by atoms with E-state index in [0.29, 0.717) is 12.4 Å². The zero-order chi connectivity index (χ0) is 15.8. The number of fused-ring (bicyclic) bond motifs is 3. The number of methoxy groups -OCH3 is 1. The van der Waals surface area contributed by atoms with Crippen LogP contribution in [-0.2, 0) is 24.1 Å². The average Bonchev–Trinajstić information content (AvgIpc) is 3.25. The van der Waals surface area contributed by atoms with Gasteiger partial charge in [0.25, 0.3) is 5.91 Å². The van der Waals surface area contributed by atoms with Crippen molar-refractivity contribution in [1.82, 2.24) is 19.7 Å². The Labute approximate surface area is 134 Å². The van der Waals surface area contributed by atoms with Crippen LogP contribution in [0.1, 0.15) is 35.0 Å².